The average molecular weight is 206 g/mol. The summed E-state index contributed by atoms with van der Waals surface area (Å²) in [7, 11) is -3.44. The third-order valence-corrected chi connectivity index (χ3v) is 3.89. The Balaban J connectivity index is 2.49. The van der Waals surface area contributed by atoms with Gasteiger partial charge in [-0.2, -0.15) is 12.7 Å². The molecule has 0 aromatic rings. The lowest BCUT2D eigenvalue weighted by Gasteiger charge is -2.31. The van der Waals surface area contributed by atoms with Gasteiger partial charge in [0.2, 0.25) is 0 Å². The monoisotopic (exact) mass is 206 g/mol. The van der Waals surface area contributed by atoms with Crippen molar-refractivity contribution in [2.75, 3.05) is 13.1 Å². The van der Waals surface area contributed by atoms with E-state index in [4.69, 9.17) is 5.14 Å². The molecular formula is C8H18N2O2S. The van der Waals surface area contributed by atoms with Crippen LogP contribution >= 0.6 is 0 Å². The Labute approximate surface area is 80.3 Å². The highest BCUT2D eigenvalue weighted by atomic mass is 32.2. The quantitative estimate of drug-likeness (QED) is 0.717. The van der Waals surface area contributed by atoms with E-state index in [0.29, 0.717) is 24.9 Å². The number of piperidine rings is 1. The summed E-state index contributed by atoms with van der Waals surface area (Å²) in [6.07, 6.45) is 1.88. The Hall–Kier alpha value is -0.130. The summed E-state index contributed by atoms with van der Waals surface area (Å²) in [5.41, 5.74) is 0. The highest BCUT2D eigenvalue weighted by Gasteiger charge is 2.26. The van der Waals surface area contributed by atoms with Crippen molar-refractivity contribution in [3.63, 3.8) is 0 Å². The molecule has 0 aromatic carbocycles. The molecule has 1 aliphatic heterocycles. The summed E-state index contributed by atoms with van der Waals surface area (Å²) in [6.45, 7) is 5.53. The topological polar surface area (TPSA) is 63.4 Å². The summed E-state index contributed by atoms with van der Waals surface area (Å²) in [5.74, 6) is 1.29. The summed E-state index contributed by atoms with van der Waals surface area (Å²) < 4.78 is 23.3. The number of hydrogen-bond acceptors (Lipinski definition) is 2. The Morgan fingerprint density at radius 1 is 1.31 bits per heavy atom. The molecular weight excluding hydrogens is 188 g/mol. The van der Waals surface area contributed by atoms with Crippen LogP contribution in [0, 0.1) is 11.8 Å². The third kappa shape index (κ3) is 2.93. The van der Waals surface area contributed by atoms with Crippen molar-refractivity contribution in [1.29, 1.82) is 0 Å². The maximum absolute atomic E-state index is 11.0. The van der Waals surface area contributed by atoms with Crippen molar-refractivity contribution in [3.8, 4) is 0 Å². The van der Waals surface area contributed by atoms with Crippen LogP contribution in [0.1, 0.15) is 26.7 Å². The van der Waals surface area contributed by atoms with Gasteiger partial charge in [-0.1, -0.05) is 13.8 Å². The molecule has 0 bridgehead atoms. The van der Waals surface area contributed by atoms with E-state index < -0.39 is 10.2 Å². The van der Waals surface area contributed by atoms with E-state index in [9.17, 15) is 8.42 Å². The van der Waals surface area contributed by atoms with E-state index in [1.807, 2.05) is 0 Å². The van der Waals surface area contributed by atoms with Crippen LogP contribution in [0.2, 0.25) is 0 Å². The van der Waals surface area contributed by atoms with Gasteiger partial charge in [-0.3, -0.25) is 0 Å². The van der Waals surface area contributed by atoms with Crippen molar-refractivity contribution in [1.82, 2.24) is 4.31 Å². The minimum absolute atomic E-state index is 0.585. The predicted molar refractivity (Wildman–Crippen MR) is 52.2 cm³/mol. The van der Waals surface area contributed by atoms with Gasteiger partial charge in [0.1, 0.15) is 0 Å². The third-order valence-electron chi connectivity index (χ3n) is 2.80. The summed E-state index contributed by atoms with van der Waals surface area (Å²) in [6, 6.07) is 0. The van der Waals surface area contributed by atoms with Crippen LogP contribution in [0.5, 0.6) is 0 Å². The lowest BCUT2D eigenvalue weighted by Crippen LogP contribution is -2.42. The zero-order valence-corrected chi connectivity index (χ0v) is 9.05. The van der Waals surface area contributed by atoms with Crippen LogP contribution in [0.15, 0.2) is 0 Å². The summed E-state index contributed by atoms with van der Waals surface area (Å²) in [4.78, 5) is 0. The maximum atomic E-state index is 11.0. The van der Waals surface area contributed by atoms with Gasteiger partial charge in [-0.25, -0.2) is 5.14 Å². The molecule has 0 spiro atoms. The van der Waals surface area contributed by atoms with E-state index in [1.54, 1.807) is 0 Å². The standard InChI is InChI=1S/C8H18N2O2S/c1-7(2)8-3-5-10(6-4-8)13(9,11)12/h7-8H,3-6H2,1-2H3,(H2,9,11,12). The Morgan fingerprint density at radius 3 is 2.08 bits per heavy atom. The van der Waals surface area contributed by atoms with Crippen LogP contribution < -0.4 is 5.14 Å². The average Bonchev–Trinajstić information content (AvgIpc) is 2.03. The minimum atomic E-state index is -3.44. The summed E-state index contributed by atoms with van der Waals surface area (Å²) in [5, 5.41) is 5.03. The Kier molecular flexibility index (Phi) is 3.32. The molecule has 78 valence electrons. The molecule has 0 aromatic heterocycles. The molecule has 1 fully saturated rings. The summed E-state index contributed by atoms with van der Waals surface area (Å²) >= 11 is 0. The molecule has 0 radical (unpaired) electrons. The van der Waals surface area contributed by atoms with Gasteiger partial charge >= 0.3 is 0 Å². The maximum Gasteiger partial charge on any atom is 0.276 e. The van der Waals surface area contributed by atoms with Crippen LogP contribution in [0.4, 0.5) is 0 Å². The van der Waals surface area contributed by atoms with Crippen LogP contribution in [-0.2, 0) is 10.2 Å². The molecule has 5 heteroatoms. The van der Waals surface area contributed by atoms with E-state index >= 15 is 0 Å². The molecule has 0 amide bonds. The molecule has 0 aliphatic carbocycles. The van der Waals surface area contributed by atoms with Crippen LogP contribution in [0.25, 0.3) is 0 Å². The van der Waals surface area contributed by atoms with E-state index in [0.717, 1.165) is 12.8 Å². The Morgan fingerprint density at radius 2 is 1.77 bits per heavy atom. The van der Waals surface area contributed by atoms with Gasteiger partial charge in [0, 0.05) is 13.1 Å². The number of hydrogen-bond donors (Lipinski definition) is 1. The predicted octanol–water partition coefficient (Wildman–Crippen LogP) is 0.558. The number of rotatable bonds is 2. The van der Waals surface area contributed by atoms with Crippen molar-refractivity contribution in [3.05, 3.63) is 0 Å². The second-order valence-corrected chi connectivity index (χ2v) is 5.57. The molecule has 4 nitrogen and oxygen atoms in total. The van der Waals surface area contributed by atoms with Crippen molar-refractivity contribution < 1.29 is 8.42 Å². The second kappa shape index (κ2) is 3.94. The number of nitrogens with two attached hydrogens (primary N) is 1. The fourth-order valence-corrected chi connectivity index (χ4v) is 2.52. The van der Waals surface area contributed by atoms with Gasteiger partial charge in [-0.15, -0.1) is 0 Å². The molecule has 1 aliphatic rings. The molecule has 0 atom stereocenters. The first-order valence-corrected chi connectivity index (χ1v) is 6.19. The zero-order chi connectivity index (χ0) is 10.1. The molecule has 2 N–H and O–H groups in total. The van der Waals surface area contributed by atoms with Crippen LogP contribution in [-0.4, -0.2) is 25.8 Å². The van der Waals surface area contributed by atoms with Gasteiger partial charge < -0.3 is 0 Å². The zero-order valence-electron chi connectivity index (χ0n) is 8.23. The largest absolute Gasteiger partial charge is 0.276 e. The first-order chi connectivity index (χ1) is 5.91. The minimum Gasteiger partial charge on any atom is -0.216 e. The van der Waals surface area contributed by atoms with E-state index in [1.165, 1.54) is 4.31 Å². The second-order valence-electron chi connectivity index (χ2n) is 4.03. The van der Waals surface area contributed by atoms with Gasteiger partial charge in [0.05, 0.1) is 0 Å². The smallest absolute Gasteiger partial charge is 0.216 e. The normalized spacial score (nSPS) is 22.5. The highest BCUT2D eigenvalue weighted by molar-refractivity contribution is 7.86. The number of nitrogens with zero attached hydrogens (tertiary/aromatic N) is 1. The first-order valence-electron chi connectivity index (χ1n) is 4.69. The highest BCUT2D eigenvalue weighted by Crippen LogP contribution is 2.24. The van der Waals surface area contributed by atoms with E-state index in [-0.39, 0.29) is 0 Å². The fraction of sp³-hybridized carbons (Fsp3) is 1.00. The molecule has 0 unspecified atom stereocenters. The fourth-order valence-electron chi connectivity index (χ4n) is 1.80. The van der Waals surface area contributed by atoms with E-state index in [2.05, 4.69) is 13.8 Å². The first kappa shape index (κ1) is 10.9. The lowest BCUT2D eigenvalue weighted by atomic mass is 9.87. The van der Waals surface area contributed by atoms with Crippen molar-refractivity contribution >= 4 is 10.2 Å². The molecule has 1 heterocycles. The molecule has 13 heavy (non-hydrogen) atoms. The molecule has 0 saturated carbocycles. The van der Waals surface area contributed by atoms with Gasteiger partial charge in [0.15, 0.2) is 0 Å². The molecule has 1 rings (SSSR count). The lowest BCUT2D eigenvalue weighted by molar-refractivity contribution is 0.226. The molecule has 1 saturated heterocycles. The Bertz CT molecular complexity index is 253. The van der Waals surface area contributed by atoms with Gasteiger partial charge in [0.25, 0.3) is 10.2 Å². The van der Waals surface area contributed by atoms with Crippen molar-refractivity contribution in [2.24, 2.45) is 17.0 Å². The van der Waals surface area contributed by atoms with Gasteiger partial charge in [-0.05, 0) is 24.7 Å². The van der Waals surface area contributed by atoms with Crippen LogP contribution in [0.3, 0.4) is 0 Å². The SMILES string of the molecule is CC(C)C1CCN(S(N)(=O)=O)CC1. The van der Waals surface area contributed by atoms with Crippen molar-refractivity contribution in [2.45, 2.75) is 26.7 Å².